The predicted octanol–water partition coefficient (Wildman–Crippen LogP) is 10.4. The van der Waals surface area contributed by atoms with Gasteiger partial charge in [0.25, 0.3) is 0 Å². The fourth-order valence-corrected chi connectivity index (χ4v) is 13.6. The molecule has 8 bridgehead atoms. The highest BCUT2D eigenvalue weighted by atomic mass is 16.6. The summed E-state index contributed by atoms with van der Waals surface area (Å²) < 4.78 is 18.9. The number of para-hydroxylation sites is 1. The smallest absolute Gasteiger partial charge is 0.317 e. The van der Waals surface area contributed by atoms with Crippen molar-refractivity contribution >= 4 is 11.7 Å². The molecule has 0 spiro atoms. The number of nitro benzene ring substituents is 1. The molecule has 12 rings (SSSR count). The van der Waals surface area contributed by atoms with Crippen molar-refractivity contribution < 1.29 is 23.9 Å². The van der Waals surface area contributed by atoms with Crippen LogP contribution in [0.2, 0.25) is 0 Å². The highest BCUT2D eigenvalue weighted by Gasteiger charge is 2.71. The van der Waals surface area contributed by atoms with Crippen molar-refractivity contribution in [2.24, 2.45) is 39.9 Å². The summed E-state index contributed by atoms with van der Waals surface area (Å²) >= 11 is 0. The van der Waals surface area contributed by atoms with Gasteiger partial charge in [-0.25, -0.2) is 0 Å². The van der Waals surface area contributed by atoms with E-state index in [0.717, 1.165) is 49.8 Å². The Kier molecular flexibility index (Phi) is 7.54. The quantitative estimate of drug-likeness (QED) is 0.0917. The highest BCUT2D eigenvalue weighted by Crippen LogP contribution is 2.79. The maximum Gasteiger partial charge on any atom is 0.317 e. The summed E-state index contributed by atoms with van der Waals surface area (Å²) in [5.41, 5.74) is 2.03. The van der Waals surface area contributed by atoms with Crippen molar-refractivity contribution in [3.05, 3.63) is 119 Å². The van der Waals surface area contributed by atoms with E-state index < -0.39 is 10.3 Å². The molecule has 0 aliphatic heterocycles. The number of esters is 1. The van der Waals surface area contributed by atoms with E-state index >= 15 is 0 Å². The summed E-state index contributed by atoms with van der Waals surface area (Å²) in [6.45, 7) is 0.224. The van der Waals surface area contributed by atoms with Crippen molar-refractivity contribution in [2.45, 2.75) is 89.1 Å². The molecule has 8 aliphatic carbocycles. The molecule has 4 unspecified atom stereocenters. The summed E-state index contributed by atoms with van der Waals surface area (Å²) in [6, 6.07) is 26.7. The summed E-state index contributed by atoms with van der Waals surface area (Å²) in [6.07, 6.45) is 17.3. The average Bonchev–Trinajstić information content (AvgIpc) is 3.14. The van der Waals surface area contributed by atoms with E-state index in [1.54, 1.807) is 24.5 Å². The third-order valence-corrected chi connectivity index (χ3v) is 14.6. The van der Waals surface area contributed by atoms with Gasteiger partial charge in [-0.2, -0.15) is 0 Å². The maximum absolute atomic E-state index is 14.2. The Bertz CT molecular complexity index is 2040. The second kappa shape index (κ2) is 12.2. The molecule has 8 heteroatoms. The number of nitro groups is 1. The summed E-state index contributed by atoms with van der Waals surface area (Å²) in [4.78, 5) is 30.0. The first-order chi connectivity index (χ1) is 25.7. The zero-order valence-electron chi connectivity index (χ0n) is 30.1. The Morgan fingerprint density at radius 1 is 0.736 bits per heavy atom. The molecule has 8 saturated carbocycles. The van der Waals surface area contributed by atoms with Crippen LogP contribution in [-0.4, -0.2) is 15.9 Å². The fourth-order valence-electron chi connectivity index (χ4n) is 13.6. The van der Waals surface area contributed by atoms with Crippen LogP contribution >= 0.6 is 0 Å². The van der Waals surface area contributed by atoms with Crippen LogP contribution in [0.15, 0.2) is 97.3 Å². The lowest BCUT2D eigenvalue weighted by atomic mass is 9.31. The molecule has 0 radical (unpaired) electrons. The number of carbonyl (C=O) groups excluding carboxylic acids is 1. The van der Waals surface area contributed by atoms with Gasteiger partial charge in [-0.05, 0) is 141 Å². The van der Waals surface area contributed by atoms with E-state index in [9.17, 15) is 14.9 Å². The van der Waals surface area contributed by atoms with E-state index in [1.165, 1.54) is 50.2 Å². The predicted molar refractivity (Wildman–Crippen MR) is 199 cm³/mol. The minimum Gasteiger partial charge on any atom is -0.482 e. The minimum atomic E-state index is -0.409. The zero-order valence-corrected chi connectivity index (χ0v) is 30.1. The van der Waals surface area contributed by atoms with Gasteiger partial charge < -0.3 is 14.2 Å². The Morgan fingerprint density at radius 3 is 2.11 bits per heavy atom. The fraction of sp³-hybridized carbons (Fsp3) is 0.467. The summed E-state index contributed by atoms with van der Waals surface area (Å²) in [7, 11) is 0. The lowest BCUT2D eigenvalue weighted by molar-refractivity contribution is -0.386. The van der Waals surface area contributed by atoms with Crippen LogP contribution < -0.4 is 14.2 Å². The Hall–Kier alpha value is -4.72. The van der Waals surface area contributed by atoms with Crippen LogP contribution in [0, 0.1) is 50.0 Å². The largest absolute Gasteiger partial charge is 0.482 e. The van der Waals surface area contributed by atoms with Crippen LogP contribution in [0.25, 0.3) is 0 Å². The number of carbonyl (C=O) groups is 1. The molecular formula is C45H46N2O6. The molecular weight excluding hydrogens is 665 g/mol. The molecule has 1 aromatic heterocycles. The number of aromatic nitrogens is 1. The van der Waals surface area contributed by atoms with Gasteiger partial charge in [-0.3, -0.25) is 19.9 Å². The number of hydrogen-bond acceptors (Lipinski definition) is 7. The SMILES string of the molecule is O=C(Oc1cccnc1)C12CC3CC(C1)CC(C14CC5CC(CC(c6ccccc6Oc6ccc([N+](=O)[O-])c(OCc7ccccc7)c6)(C5)C1)C4)(C3)C2. The van der Waals surface area contributed by atoms with E-state index in [-0.39, 0.29) is 40.3 Å². The van der Waals surface area contributed by atoms with Gasteiger partial charge in [0, 0.05) is 29.3 Å². The molecule has 0 N–H and O–H groups in total. The Labute approximate surface area is 310 Å². The molecule has 0 saturated heterocycles. The van der Waals surface area contributed by atoms with Crippen molar-refractivity contribution in [1.29, 1.82) is 0 Å². The zero-order chi connectivity index (χ0) is 35.8. The molecule has 8 aliphatic rings. The van der Waals surface area contributed by atoms with Gasteiger partial charge >= 0.3 is 11.7 Å². The number of pyridine rings is 1. The normalized spacial score (nSPS) is 34.5. The van der Waals surface area contributed by atoms with Gasteiger partial charge in [0.15, 0.2) is 0 Å². The monoisotopic (exact) mass is 710 g/mol. The van der Waals surface area contributed by atoms with Crippen molar-refractivity contribution in [3.63, 3.8) is 0 Å². The Balaban J connectivity index is 0.967. The van der Waals surface area contributed by atoms with Crippen molar-refractivity contribution in [1.82, 2.24) is 4.98 Å². The van der Waals surface area contributed by atoms with E-state index in [0.29, 0.717) is 35.2 Å². The molecule has 0 amide bonds. The van der Waals surface area contributed by atoms with E-state index in [4.69, 9.17) is 14.2 Å². The molecule has 8 fully saturated rings. The second-order valence-corrected chi connectivity index (χ2v) is 17.9. The van der Waals surface area contributed by atoms with Gasteiger partial charge in [0.1, 0.15) is 23.9 Å². The van der Waals surface area contributed by atoms with Crippen LogP contribution in [0.5, 0.6) is 23.0 Å². The topological polar surface area (TPSA) is 101 Å². The number of rotatable bonds is 10. The molecule has 4 atom stereocenters. The van der Waals surface area contributed by atoms with Crippen LogP contribution in [0.1, 0.15) is 88.2 Å². The molecule has 272 valence electrons. The van der Waals surface area contributed by atoms with E-state index in [1.807, 2.05) is 48.5 Å². The third-order valence-electron chi connectivity index (χ3n) is 14.6. The first-order valence-electron chi connectivity index (χ1n) is 19.6. The number of benzene rings is 3. The van der Waals surface area contributed by atoms with Gasteiger partial charge in [0.05, 0.1) is 16.5 Å². The summed E-state index contributed by atoms with van der Waals surface area (Å²) in [5, 5.41) is 12.0. The standard InChI is InChI=1S/C45H46N2O6/c48-41(53-36-9-6-14-46-26-36)43-20-33-16-34(21-43)25-45(24-33,29-43)44-22-31-15-32(23-44)19-42(18-31,28-44)37-10-4-5-11-39(37)52-35-12-13-38(47(49)50)40(17-35)51-27-30-7-2-1-3-8-30/h1-14,17,26,31-34H,15-16,18-25,27-29H2. The van der Waals surface area contributed by atoms with Crippen molar-refractivity contribution in [3.8, 4) is 23.0 Å². The lowest BCUT2D eigenvalue weighted by Crippen LogP contribution is -2.66. The van der Waals surface area contributed by atoms with Crippen LogP contribution in [-0.2, 0) is 16.8 Å². The van der Waals surface area contributed by atoms with Gasteiger partial charge in [0.2, 0.25) is 5.75 Å². The van der Waals surface area contributed by atoms with Gasteiger partial charge in [-0.15, -0.1) is 0 Å². The van der Waals surface area contributed by atoms with E-state index in [2.05, 4.69) is 23.2 Å². The first kappa shape index (κ1) is 32.9. The third kappa shape index (κ3) is 5.46. The molecule has 53 heavy (non-hydrogen) atoms. The van der Waals surface area contributed by atoms with Crippen LogP contribution in [0.3, 0.4) is 0 Å². The van der Waals surface area contributed by atoms with Crippen LogP contribution in [0.4, 0.5) is 5.69 Å². The van der Waals surface area contributed by atoms with Crippen molar-refractivity contribution in [2.75, 3.05) is 0 Å². The minimum absolute atomic E-state index is 0.0131. The summed E-state index contributed by atoms with van der Waals surface area (Å²) in [5.74, 6) is 4.56. The average molecular weight is 711 g/mol. The molecule has 4 aromatic rings. The molecule has 1 heterocycles. The Morgan fingerprint density at radius 2 is 1.42 bits per heavy atom. The number of hydrogen-bond donors (Lipinski definition) is 0. The lowest BCUT2D eigenvalue weighted by Gasteiger charge is -2.73. The number of ether oxygens (including phenoxy) is 3. The maximum atomic E-state index is 14.2. The first-order valence-corrected chi connectivity index (χ1v) is 19.6. The number of nitrogens with zero attached hydrogens (tertiary/aromatic N) is 2. The second-order valence-electron chi connectivity index (χ2n) is 17.9. The molecule has 3 aromatic carbocycles. The van der Waals surface area contributed by atoms with Gasteiger partial charge in [-0.1, -0.05) is 48.5 Å². The molecule has 8 nitrogen and oxygen atoms in total. The highest BCUT2D eigenvalue weighted by molar-refractivity contribution is 5.80.